The molecule has 3 rings (SSSR count). The molecule has 8 heteroatoms. The van der Waals surface area contributed by atoms with E-state index < -0.39 is 23.8 Å². The van der Waals surface area contributed by atoms with E-state index in [0.29, 0.717) is 17.0 Å². The van der Waals surface area contributed by atoms with Crippen LogP contribution in [0.2, 0.25) is 0 Å². The third-order valence-corrected chi connectivity index (χ3v) is 6.04. The number of anilines is 1. The lowest BCUT2D eigenvalue weighted by molar-refractivity contribution is -0.142. The molecule has 2 atom stereocenters. The molecular formula is C29H39N3O5. The van der Waals surface area contributed by atoms with Gasteiger partial charge in [-0.05, 0) is 76.3 Å². The molecule has 3 amide bonds. The van der Waals surface area contributed by atoms with Crippen molar-refractivity contribution < 1.29 is 23.9 Å². The van der Waals surface area contributed by atoms with Crippen LogP contribution in [-0.2, 0) is 14.3 Å². The van der Waals surface area contributed by atoms with Gasteiger partial charge in [0.15, 0.2) is 0 Å². The number of carbonyl (C=O) groups excluding carboxylic acids is 3. The molecule has 0 bridgehead atoms. The van der Waals surface area contributed by atoms with Gasteiger partial charge < -0.3 is 25.0 Å². The summed E-state index contributed by atoms with van der Waals surface area (Å²) in [5, 5.41) is 5.73. The molecule has 2 aromatic rings. The smallest absolute Gasteiger partial charge is 0.408 e. The fourth-order valence-corrected chi connectivity index (χ4v) is 4.14. The van der Waals surface area contributed by atoms with Crippen LogP contribution in [-0.4, -0.2) is 47.6 Å². The Kier molecular flexibility index (Phi) is 8.84. The van der Waals surface area contributed by atoms with Crippen molar-refractivity contribution in [3.63, 3.8) is 0 Å². The summed E-state index contributed by atoms with van der Waals surface area (Å²) in [7, 11) is 1.58. The van der Waals surface area contributed by atoms with Gasteiger partial charge in [-0.2, -0.15) is 0 Å². The van der Waals surface area contributed by atoms with Gasteiger partial charge in [0.1, 0.15) is 23.4 Å². The molecule has 0 aromatic heterocycles. The van der Waals surface area contributed by atoms with Gasteiger partial charge in [0, 0.05) is 11.7 Å². The lowest BCUT2D eigenvalue weighted by atomic mass is 9.97. The Hall–Kier alpha value is -3.55. The van der Waals surface area contributed by atoms with Crippen LogP contribution in [0.15, 0.2) is 48.5 Å². The molecule has 1 aliphatic carbocycles. The summed E-state index contributed by atoms with van der Waals surface area (Å²) in [6.45, 7) is 11.0. The molecule has 2 N–H and O–H groups in total. The number of nitrogens with one attached hydrogen (secondary N) is 2. The number of alkyl carbamates (subject to hydrolysis) is 1. The van der Waals surface area contributed by atoms with Crippen LogP contribution in [0.25, 0.3) is 0 Å². The summed E-state index contributed by atoms with van der Waals surface area (Å²) in [6.07, 6.45) is 0.924. The average Bonchev–Trinajstić information content (AvgIpc) is 3.64. The number of rotatable bonds is 9. The van der Waals surface area contributed by atoms with Crippen molar-refractivity contribution in [2.45, 2.75) is 78.1 Å². The van der Waals surface area contributed by atoms with Crippen LogP contribution >= 0.6 is 0 Å². The van der Waals surface area contributed by atoms with E-state index in [1.807, 2.05) is 45.0 Å². The number of methoxy groups -OCH3 is 1. The first-order valence-electron chi connectivity index (χ1n) is 12.7. The van der Waals surface area contributed by atoms with Gasteiger partial charge in [0.25, 0.3) is 5.91 Å². The summed E-state index contributed by atoms with van der Waals surface area (Å²) in [6, 6.07) is 12.8. The molecule has 0 saturated heterocycles. The van der Waals surface area contributed by atoms with E-state index >= 15 is 0 Å². The molecule has 0 heterocycles. The summed E-state index contributed by atoms with van der Waals surface area (Å²) >= 11 is 0. The number of benzene rings is 2. The van der Waals surface area contributed by atoms with Crippen molar-refractivity contribution in [3.05, 3.63) is 59.7 Å². The van der Waals surface area contributed by atoms with Gasteiger partial charge in [0.2, 0.25) is 5.91 Å². The van der Waals surface area contributed by atoms with Gasteiger partial charge >= 0.3 is 6.09 Å². The van der Waals surface area contributed by atoms with Crippen LogP contribution in [0.5, 0.6) is 5.75 Å². The highest BCUT2D eigenvalue weighted by atomic mass is 16.6. The molecule has 0 spiro atoms. The van der Waals surface area contributed by atoms with Crippen LogP contribution in [0.4, 0.5) is 10.5 Å². The van der Waals surface area contributed by atoms with Gasteiger partial charge in [-0.3, -0.25) is 9.59 Å². The zero-order valence-electron chi connectivity index (χ0n) is 22.8. The van der Waals surface area contributed by atoms with Gasteiger partial charge in [-0.1, -0.05) is 43.7 Å². The quantitative estimate of drug-likeness (QED) is 0.483. The van der Waals surface area contributed by atoms with Crippen molar-refractivity contribution >= 4 is 23.6 Å². The number of hydrogen-bond acceptors (Lipinski definition) is 5. The second kappa shape index (κ2) is 11.7. The highest BCUT2D eigenvalue weighted by Crippen LogP contribution is 2.37. The summed E-state index contributed by atoms with van der Waals surface area (Å²) in [5.41, 5.74) is 1.59. The fourth-order valence-electron chi connectivity index (χ4n) is 4.14. The summed E-state index contributed by atoms with van der Waals surface area (Å²) in [5.74, 6) is -0.171. The molecular weight excluding hydrogens is 470 g/mol. The van der Waals surface area contributed by atoms with Crippen LogP contribution < -0.4 is 15.4 Å². The van der Waals surface area contributed by atoms with Crippen LogP contribution in [0.1, 0.15) is 64.6 Å². The highest BCUT2D eigenvalue weighted by molar-refractivity contribution is 5.99. The molecule has 0 aliphatic heterocycles. The van der Waals surface area contributed by atoms with Gasteiger partial charge in [0.05, 0.1) is 7.11 Å². The zero-order valence-corrected chi connectivity index (χ0v) is 22.8. The van der Waals surface area contributed by atoms with Gasteiger partial charge in [-0.25, -0.2) is 4.79 Å². The topological polar surface area (TPSA) is 97.0 Å². The number of amides is 3. The van der Waals surface area contributed by atoms with Crippen molar-refractivity contribution in [2.24, 2.45) is 5.92 Å². The second-order valence-electron chi connectivity index (χ2n) is 10.9. The number of hydrogen-bond donors (Lipinski definition) is 2. The van der Waals surface area contributed by atoms with E-state index in [-0.39, 0.29) is 23.8 Å². The first kappa shape index (κ1) is 28.0. The Morgan fingerprint density at radius 1 is 1.03 bits per heavy atom. The maximum Gasteiger partial charge on any atom is 0.408 e. The molecule has 1 saturated carbocycles. The van der Waals surface area contributed by atoms with Gasteiger partial charge in [-0.15, -0.1) is 0 Å². The minimum atomic E-state index is -0.872. The third kappa shape index (κ3) is 7.71. The van der Waals surface area contributed by atoms with Crippen molar-refractivity contribution in [1.82, 2.24) is 10.2 Å². The third-order valence-electron chi connectivity index (χ3n) is 6.04. The van der Waals surface area contributed by atoms with Crippen LogP contribution in [0.3, 0.4) is 0 Å². The molecule has 1 aliphatic rings. The summed E-state index contributed by atoms with van der Waals surface area (Å²) < 4.78 is 10.6. The minimum absolute atomic E-state index is 0.0960. The number of nitrogens with zero attached hydrogens (tertiary/aromatic N) is 1. The number of carbonyl (C=O) groups is 3. The lowest BCUT2D eigenvalue weighted by Gasteiger charge is -2.36. The molecule has 0 radical (unpaired) electrons. The summed E-state index contributed by atoms with van der Waals surface area (Å²) in [4.78, 5) is 42.1. The van der Waals surface area contributed by atoms with Crippen LogP contribution in [0, 0.1) is 12.8 Å². The predicted molar refractivity (Wildman–Crippen MR) is 143 cm³/mol. The normalized spacial score (nSPS) is 14.9. The van der Waals surface area contributed by atoms with Crippen molar-refractivity contribution in [3.8, 4) is 5.75 Å². The standard InChI is InChI=1S/C29H39N3O5/c1-18(2)24(31-28(35)37-29(4,5)6)27(34)32(22-13-14-22)25(20-10-8-9-19(3)17-20)26(33)30-21-11-15-23(36-7)16-12-21/h8-12,15-18,22,24-25H,13-14H2,1-7H3,(H,30,33)(H,31,35). The average molecular weight is 510 g/mol. The highest BCUT2D eigenvalue weighted by Gasteiger charge is 2.44. The van der Waals surface area contributed by atoms with Crippen molar-refractivity contribution in [2.75, 3.05) is 12.4 Å². The molecule has 8 nitrogen and oxygen atoms in total. The first-order chi connectivity index (χ1) is 17.4. The van der Waals surface area contributed by atoms with E-state index in [0.717, 1.165) is 18.4 Å². The number of aryl methyl sites for hydroxylation is 1. The Labute approximate surface area is 219 Å². The molecule has 2 aromatic carbocycles. The molecule has 2 unspecified atom stereocenters. The minimum Gasteiger partial charge on any atom is -0.497 e. The Morgan fingerprint density at radius 3 is 2.19 bits per heavy atom. The fraction of sp³-hybridized carbons (Fsp3) is 0.483. The SMILES string of the molecule is COc1ccc(NC(=O)C(c2cccc(C)c2)N(C(=O)C(NC(=O)OC(C)(C)C)C(C)C)C2CC2)cc1. The second-order valence-corrected chi connectivity index (χ2v) is 10.9. The maximum absolute atomic E-state index is 14.1. The molecule has 200 valence electrons. The molecule has 1 fully saturated rings. The Morgan fingerprint density at radius 2 is 1.68 bits per heavy atom. The van der Waals surface area contributed by atoms with E-state index in [9.17, 15) is 14.4 Å². The molecule has 37 heavy (non-hydrogen) atoms. The van der Waals surface area contributed by atoms with E-state index in [2.05, 4.69) is 10.6 Å². The Balaban J connectivity index is 1.96. The lowest BCUT2D eigenvalue weighted by Crippen LogP contribution is -2.55. The largest absolute Gasteiger partial charge is 0.497 e. The zero-order chi connectivity index (χ0) is 27.3. The monoisotopic (exact) mass is 509 g/mol. The first-order valence-corrected chi connectivity index (χ1v) is 12.7. The Bertz CT molecular complexity index is 1100. The van der Waals surface area contributed by atoms with E-state index in [4.69, 9.17) is 9.47 Å². The van der Waals surface area contributed by atoms with Crippen molar-refractivity contribution in [1.29, 1.82) is 0 Å². The van der Waals surface area contributed by atoms with E-state index in [1.54, 1.807) is 57.0 Å². The number of ether oxygens (including phenoxy) is 2. The maximum atomic E-state index is 14.1. The van der Waals surface area contributed by atoms with E-state index in [1.165, 1.54) is 0 Å². The predicted octanol–water partition coefficient (Wildman–Crippen LogP) is 5.22.